The Balaban J connectivity index is 1.93. The third-order valence-corrected chi connectivity index (χ3v) is 3.27. The van der Waals surface area contributed by atoms with E-state index in [1.165, 1.54) is 0 Å². The van der Waals surface area contributed by atoms with Gasteiger partial charge in [-0.3, -0.25) is 4.98 Å². The second kappa shape index (κ2) is 6.31. The quantitative estimate of drug-likeness (QED) is 0.594. The molecule has 0 bridgehead atoms. The molecule has 2 aromatic heterocycles. The topological polar surface area (TPSA) is 68.1 Å². The summed E-state index contributed by atoms with van der Waals surface area (Å²) in [5.74, 6) is 1.41. The molecule has 0 aliphatic rings. The number of nitrogens with zero attached hydrogens (tertiary/aromatic N) is 4. The smallest absolute Gasteiger partial charge is 0.216 e. The lowest BCUT2D eigenvalue weighted by Gasteiger charge is -2.01. The molecule has 0 amide bonds. The third kappa shape index (κ3) is 2.94. The number of hydrogen-bond donors (Lipinski definition) is 1. The van der Waals surface area contributed by atoms with Gasteiger partial charge in [-0.2, -0.15) is 14.9 Å². The van der Waals surface area contributed by atoms with Crippen molar-refractivity contribution in [3.05, 3.63) is 59.1 Å². The Morgan fingerprint density at radius 3 is 2.77 bits per heavy atom. The van der Waals surface area contributed by atoms with E-state index < -0.39 is 0 Å². The van der Waals surface area contributed by atoms with Gasteiger partial charge in [0.25, 0.3) is 0 Å². The number of ether oxygens (including phenoxy) is 1. The molecule has 0 atom stereocenters. The van der Waals surface area contributed by atoms with E-state index in [-0.39, 0.29) is 0 Å². The number of benzene rings is 1. The fraction of sp³-hybridized carbons (Fsp3) is 0.0667. The van der Waals surface area contributed by atoms with Crippen LogP contribution in [0.4, 0.5) is 0 Å². The molecule has 3 rings (SSSR count). The van der Waals surface area contributed by atoms with Crippen molar-refractivity contribution in [1.29, 1.82) is 0 Å². The summed E-state index contributed by atoms with van der Waals surface area (Å²) in [6, 6.07) is 11.3. The van der Waals surface area contributed by atoms with Gasteiger partial charge in [-0.15, -0.1) is 0 Å². The molecule has 1 N–H and O–H groups in total. The van der Waals surface area contributed by atoms with Gasteiger partial charge < -0.3 is 4.74 Å². The van der Waals surface area contributed by atoms with Crippen molar-refractivity contribution in [2.24, 2.45) is 5.10 Å². The van der Waals surface area contributed by atoms with E-state index in [1.54, 1.807) is 30.4 Å². The van der Waals surface area contributed by atoms with Gasteiger partial charge in [-0.05, 0) is 54.2 Å². The molecule has 0 spiro atoms. The number of methoxy groups -OCH3 is 1. The number of rotatable bonds is 4. The van der Waals surface area contributed by atoms with Crippen LogP contribution in [0.15, 0.2) is 53.9 Å². The summed E-state index contributed by atoms with van der Waals surface area (Å²) in [7, 11) is 1.63. The number of hydrogen-bond acceptors (Lipinski definition) is 5. The van der Waals surface area contributed by atoms with Crippen LogP contribution in [-0.2, 0) is 0 Å². The van der Waals surface area contributed by atoms with E-state index in [2.05, 4.69) is 20.3 Å². The number of aromatic amines is 1. The van der Waals surface area contributed by atoms with Crippen LogP contribution in [0.2, 0.25) is 0 Å². The number of nitrogens with one attached hydrogen (secondary N) is 1. The molecule has 2 heterocycles. The minimum Gasteiger partial charge on any atom is -0.497 e. The van der Waals surface area contributed by atoms with Crippen molar-refractivity contribution in [2.45, 2.75) is 0 Å². The van der Waals surface area contributed by atoms with Crippen LogP contribution in [-0.4, -0.2) is 33.2 Å². The second-order valence-corrected chi connectivity index (χ2v) is 4.81. The van der Waals surface area contributed by atoms with Gasteiger partial charge in [0.05, 0.1) is 13.3 Å². The highest BCUT2D eigenvalue weighted by Crippen LogP contribution is 2.15. The molecule has 110 valence electrons. The summed E-state index contributed by atoms with van der Waals surface area (Å²) < 4.78 is 7.11. The Kier molecular flexibility index (Phi) is 4.06. The molecule has 0 aliphatic heterocycles. The monoisotopic (exact) mass is 311 g/mol. The summed E-state index contributed by atoms with van der Waals surface area (Å²) in [5.41, 5.74) is 1.77. The van der Waals surface area contributed by atoms with Crippen LogP contribution >= 0.6 is 12.2 Å². The maximum Gasteiger partial charge on any atom is 0.216 e. The molecule has 0 unspecified atom stereocenters. The summed E-state index contributed by atoms with van der Waals surface area (Å²) in [5, 5.41) is 11.3. The summed E-state index contributed by atoms with van der Waals surface area (Å²) in [4.78, 5) is 4.08. The van der Waals surface area contributed by atoms with Gasteiger partial charge in [0.1, 0.15) is 5.75 Å². The van der Waals surface area contributed by atoms with Gasteiger partial charge in [-0.25, -0.2) is 5.10 Å². The molecule has 1 aromatic carbocycles. The maximum atomic E-state index is 5.22. The first kappa shape index (κ1) is 14.2. The molecular weight excluding hydrogens is 298 g/mol. The number of pyridine rings is 1. The van der Waals surface area contributed by atoms with E-state index in [1.807, 2.05) is 36.4 Å². The summed E-state index contributed by atoms with van der Waals surface area (Å²) in [6.45, 7) is 0. The zero-order valence-corrected chi connectivity index (χ0v) is 12.6. The van der Waals surface area contributed by atoms with Crippen molar-refractivity contribution in [3.8, 4) is 17.1 Å². The van der Waals surface area contributed by atoms with Crippen LogP contribution in [0.5, 0.6) is 5.75 Å². The van der Waals surface area contributed by atoms with Gasteiger partial charge >= 0.3 is 0 Å². The van der Waals surface area contributed by atoms with Crippen molar-refractivity contribution in [1.82, 2.24) is 19.9 Å². The Morgan fingerprint density at radius 2 is 2.09 bits per heavy atom. The van der Waals surface area contributed by atoms with Crippen LogP contribution in [0, 0.1) is 4.77 Å². The molecule has 6 nitrogen and oxygen atoms in total. The highest BCUT2D eigenvalue weighted by Gasteiger charge is 2.07. The molecule has 7 heteroatoms. The van der Waals surface area contributed by atoms with Gasteiger partial charge in [-0.1, -0.05) is 0 Å². The summed E-state index contributed by atoms with van der Waals surface area (Å²) in [6.07, 6.45) is 5.13. The van der Waals surface area contributed by atoms with E-state index in [4.69, 9.17) is 17.0 Å². The van der Waals surface area contributed by atoms with Crippen LogP contribution in [0.25, 0.3) is 11.4 Å². The molecule has 3 aromatic rings. The third-order valence-electron chi connectivity index (χ3n) is 3.01. The zero-order chi connectivity index (χ0) is 15.4. The number of H-pyrrole nitrogens is 1. The van der Waals surface area contributed by atoms with E-state index in [0.29, 0.717) is 10.6 Å². The van der Waals surface area contributed by atoms with Crippen LogP contribution in [0.3, 0.4) is 0 Å². The zero-order valence-electron chi connectivity index (χ0n) is 11.8. The lowest BCUT2D eigenvalue weighted by molar-refractivity contribution is 0.415. The molecular formula is C15H13N5OS. The first-order valence-electron chi connectivity index (χ1n) is 6.54. The van der Waals surface area contributed by atoms with E-state index in [9.17, 15) is 0 Å². The Morgan fingerprint density at radius 1 is 1.27 bits per heavy atom. The first-order valence-corrected chi connectivity index (χ1v) is 6.95. The van der Waals surface area contributed by atoms with Crippen molar-refractivity contribution >= 4 is 18.4 Å². The van der Waals surface area contributed by atoms with Crippen LogP contribution in [0.1, 0.15) is 5.56 Å². The lowest BCUT2D eigenvalue weighted by atomic mass is 10.2. The highest BCUT2D eigenvalue weighted by molar-refractivity contribution is 7.71. The highest BCUT2D eigenvalue weighted by atomic mass is 32.1. The fourth-order valence-electron chi connectivity index (χ4n) is 1.90. The van der Waals surface area contributed by atoms with Gasteiger partial charge in [0, 0.05) is 18.0 Å². The van der Waals surface area contributed by atoms with Crippen molar-refractivity contribution in [2.75, 3.05) is 7.11 Å². The molecule has 0 aliphatic carbocycles. The molecule has 0 fully saturated rings. The van der Waals surface area contributed by atoms with Crippen molar-refractivity contribution < 1.29 is 4.74 Å². The first-order chi connectivity index (χ1) is 10.8. The van der Waals surface area contributed by atoms with Crippen molar-refractivity contribution in [3.63, 3.8) is 0 Å². The standard InChI is InChI=1S/C15H13N5OS/c1-21-13-6-4-11(5-7-13)9-17-20-14(18-19-15(20)22)12-3-2-8-16-10-12/h2-10H,1H3,(H,19,22)/b17-9-. The summed E-state index contributed by atoms with van der Waals surface area (Å²) >= 11 is 5.22. The average molecular weight is 311 g/mol. The van der Waals surface area contributed by atoms with Gasteiger partial charge in [0.2, 0.25) is 4.77 Å². The molecule has 0 radical (unpaired) electrons. The van der Waals surface area contributed by atoms with E-state index >= 15 is 0 Å². The predicted molar refractivity (Wildman–Crippen MR) is 86.6 cm³/mol. The molecule has 22 heavy (non-hydrogen) atoms. The Bertz CT molecular complexity index is 836. The average Bonchev–Trinajstić information content (AvgIpc) is 2.95. The molecule has 0 saturated heterocycles. The largest absolute Gasteiger partial charge is 0.497 e. The molecule has 0 saturated carbocycles. The SMILES string of the molecule is COc1ccc(/C=N\n2c(-c3cccnc3)n[nH]c2=S)cc1. The minimum absolute atomic E-state index is 0.420. The van der Waals surface area contributed by atoms with Gasteiger partial charge in [0.15, 0.2) is 5.82 Å². The fourth-order valence-corrected chi connectivity index (χ4v) is 2.07. The Labute approximate surface area is 132 Å². The normalized spacial score (nSPS) is 11.0. The second-order valence-electron chi connectivity index (χ2n) is 4.42. The Hall–Kier alpha value is -2.80. The number of aromatic nitrogens is 4. The van der Waals surface area contributed by atoms with Crippen LogP contribution < -0.4 is 4.74 Å². The predicted octanol–water partition coefficient (Wildman–Crippen LogP) is 2.89. The minimum atomic E-state index is 0.420. The maximum absolute atomic E-state index is 5.22. The lowest BCUT2D eigenvalue weighted by Crippen LogP contribution is -1.95. The van der Waals surface area contributed by atoms with E-state index in [0.717, 1.165) is 16.9 Å².